The molecule has 63 heavy (non-hydrogen) atoms. The van der Waals surface area contributed by atoms with Gasteiger partial charge in [-0.2, -0.15) is 0 Å². The van der Waals surface area contributed by atoms with E-state index in [0.717, 1.165) is 55.2 Å². The molecule has 343 valence electrons. The summed E-state index contributed by atoms with van der Waals surface area (Å²) in [5.41, 5.74) is 6.97. The normalized spacial score (nSPS) is 13.1. The average molecular weight is 1030 g/mol. The number of aliphatic hydroxyl groups excluding tert-OH is 1. The van der Waals surface area contributed by atoms with Gasteiger partial charge >= 0.3 is 85.5 Å². The first-order valence-electron chi connectivity index (χ1n) is 17.5. The Morgan fingerprint density at radius 3 is 0.968 bits per heavy atom. The van der Waals surface area contributed by atoms with E-state index in [-0.39, 0.29) is 19.5 Å². The van der Waals surface area contributed by atoms with Gasteiger partial charge in [-0.05, 0) is 47.5 Å². The molecular weight excluding hydrogens is 991 g/mol. The number of hydrogen-bond donors (Lipinski definition) is 1. The molecule has 0 bridgehead atoms. The van der Waals surface area contributed by atoms with Crippen LogP contribution in [0.25, 0.3) is 11.4 Å². The number of hydrogen-bond acceptors (Lipinski definition) is 9. The van der Waals surface area contributed by atoms with Crippen LogP contribution in [0.4, 0.5) is 50.4 Å². The summed E-state index contributed by atoms with van der Waals surface area (Å²) in [4.78, 5) is 15.6. The van der Waals surface area contributed by atoms with Crippen LogP contribution < -0.4 is 0 Å². The molecule has 7 rings (SSSR count). The molecule has 1 N–H and O–H groups in total. The van der Waals surface area contributed by atoms with E-state index in [1.807, 2.05) is 122 Å². The average Bonchev–Trinajstić information content (AvgIpc) is 3.85. The van der Waals surface area contributed by atoms with E-state index in [9.17, 15) is 50.4 Å². The summed E-state index contributed by atoms with van der Waals surface area (Å²) in [6, 6.07) is 38.3. The van der Waals surface area contributed by atoms with Gasteiger partial charge in [0.05, 0.1) is 42.6 Å². The van der Waals surface area contributed by atoms with Gasteiger partial charge in [0.15, 0.2) is 0 Å². The number of halogens is 12. The molecular formula is C37H38F12N10OP2Ru+. The van der Waals surface area contributed by atoms with Crippen molar-refractivity contribution in [3.05, 3.63) is 174 Å². The Morgan fingerprint density at radius 1 is 0.444 bits per heavy atom. The molecule has 0 atom stereocenters. The van der Waals surface area contributed by atoms with Gasteiger partial charge in [0, 0.05) is 45.3 Å². The monoisotopic (exact) mass is 1030 g/mol. The minimum absolute atomic E-state index is 0. The van der Waals surface area contributed by atoms with Crippen molar-refractivity contribution < 1.29 is 74.9 Å². The molecule has 1 radical (unpaired) electrons. The van der Waals surface area contributed by atoms with Crippen LogP contribution in [0.5, 0.6) is 0 Å². The molecule has 5 heterocycles. The minimum atomic E-state index is -10.7. The zero-order valence-corrected chi connectivity index (χ0v) is 36.1. The summed E-state index contributed by atoms with van der Waals surface area (Å²) in [5.74, 6) is 0. The molecule has 2 aromatic carbocycles. The summed E-state index contributed by atoms with van der Waals surface area (Å²) in [7, 11) is -20.3. The van der Waals surface area contributed by atoms with Crippen molar-refractivity contribution >= 4 is 15.6 Å². The van der Waals surface area contributed by atoms with E-state index in [2.05, 4.69) is 64.7 Å². The van der Waals surface area contributed by atoms with Gasteiger partial charge in [-0.1, -0.05) is 89.3 Å². The molecule has 0 saturated heterocycles. The second-order valence-electron chi connectivity index (χ2n) is 12.6. The van der Waals surface area contributed by atoms with Crippen LogP contribution in [-0.2, 0) is 52.2 Å². The largest absolute Gasteiger partial charge is 3.00 e. The third kappa shape index (κ3) is 28.9. The van der Waals surface area contributed by atoms with E-state index in [1.54, 1.807) is 9.36 Å². The Kier molecular flexibility index (Phi) is 18.3. The van der Waals surface area contributed by atoms with Crippen LogP contribution in [0.2, 0.25) is 0 Å². The van der Waals surface area contributed by atoms with Gasteiger partial charge in [-0.3, -0.25) is 19.9 Å². The van der Waals surface area contributed by atoms with E-state index in [4.69, 9.17) is 5.11 Å². The maximum Gasteiger partial charge on any atom is 3.00 e. The summed E-state index contributed by atoms with van der Waals surface area (Å²) in [6.07, 6.45) is 9.27. The number of aromatic nitrogens is 9. The SMILES string of the molecule is CO.F[P-](F)(F)(F)(F)F.F[P-](F)(F)(F)(F)F.[Ru+3].c1ccc(CN(Cc2ccccn2)Cc2ccccn2)nc1.c1ccc(Cn2cc(-c3cn(Cc4ccccc4)nn3)nn2)cc1. The summed E-state index contributed by atoms with van der Waals surface area (Å²) in [6.45, 7) is 3.69. The zero-order chi connectivity index (χ0) is 46.0. The number of aliphatic hydroxyl groups is 1. The fourth-order valence-electron chi connectivity index (χ4n) is 4.86. The van der Waals surface area contributed by atoms with Gasteiger partial charge in [-0.15, -0.1) is 10.2 Å². The number of rotatable bonds is 11. The van der Waals surface area contributed by atoms with E-state index < -0.39 is 15.6 Å². The maximum absolute atomic E-state index is 10.7. The summed E-state index contributed by atoms with van der Waals surface area (Å²) >= 11 is 0. The van der Waals surface area contributed by atoms with Crippen LogP contribution in [0.15, 0.2) is 146 Å². The molecule has 11 nitrogen and oxygen atoms in total. The molecule has 0 amide bonds. The standard InChI is InChI=1S/C18H16N6.C18H18N4.CH4O.2F6P.Ru/c1-3-7-15(8-4-1)11-23-13-17(19-21-23)18-14-24(22-20-18)12-16-9-5-2-6-10-16;1-4-10-19-16(7-1)13-22(14-17-8-2-5-11-20-17)15-18-9-3-6-12-21-18;1-2;2*1-7(2,3,4,5)6;/h1-10,13-14H,11-12H2;1-12H,13-15H2;2H,1H3;;;/q;;;2*-1;+3. The molecule has 0 aliphatic heterocycles. The molecule has 26 heteroatoms. The van der Waals surface area contributed by atoms with Gasteiger partial charge < -0.3 is 5.11 Å². The summed E-state index contributed by atoms with van der Waals surface area (Å²) < 4.78 is 122. The first kappa shape index (κ1) is 53.9. The Labute approximate surface area is 365 Å². The van der Waals surface area contributed by atoms with E-state index in [1.165, 1.54) is 11.1 Å². The second kappa shape index (κ2) is 21.4. The predicted octanol–water partition coefficient (Wildman–Crippen LogP) is 12.1. The Hall–Kier alpha value is -5.27. The van der Waals surface area contributed by atoms with Gasteiger partial charge in [0.1, 0.15) is 11.4 Å². The van der Waals surface area contributed by atoms with Gasteiger partial charge in [0.2, 0.25) is 0 Å². The molecule has 0 fully saturated rings. The van der Waals surface area contributed by atoms with E-state index >= 15 is 0 Å². The van der Waals surface area contributed by atoms with Crippen molar-refractivity contribution in [2.45, 2.75) is 32.7 Å². The van der Waals surface area contributed by atoms with Crippen LogP contribution in [0, 0.1) is 0 Å². The maximum atomic E-state index is 9.87. The molecule has 0 unspecified atom stereocenters. The first-order chi connectivity index (χ1) is 28.7. The molecule has 0 aliphatic carbocycles. The predicted molar refractivity (Wildman–Crippen MR) is 211 cm³/mol. The van der Waals surface area contributed by atoms with Crippen LogP contribution >= 0.6 is 15.6 Å². The summed E-state index contributed by atoms with van der Waals surface area (Å²) in [5, 5.41) is 23.7. The van der Waals surface area contributed by atoms with Crippen LogP contribution in [0.1, 0.15) is 28.2 Å². The number of nitrogens with zero attached hydrogens (tertiary/aromatic N) is 10. The third-order valence-electron chi connectivity index (χ3n) is 7.05. The van der Waals surface area contributed by atoms with Crippen molar-refractivity contribution in [2.75, 3.05) is 7.11 Å². The molecule has 5 aromatic heterocycles. The Bertz CT molecular complexity index is 2130. The van der Waals surface area contributed by atoms with Gasteiger partial charge in [-0.25, -0.2) is 9.36 Å². The van der Waals surface area contributed by atoms with Crippen LogP contribution in [-0.4, -0.2) is 62.1 Å². The van der Waals surface area contributed by atoms with Crippen molar-refractivity contribution in [2.24, 2.45) is 0 Å². The number of benzene rings is 2. The zero-order valence-electron chi connectivity index (χ0n) is 32.6. The van der Waals surface area contributed by atoms with Crippen molar-refractivity contribution in [1.29, 1.82) is 0 Å². The second-order valence-corrected chi connectivity index (χ2v) is 16.4. The van der Waals surface area contributed by atoms with Gasteiger partial charge in [0.25, 0.3) is 0 Å². The fourth-order valence-corrected chi connectivity index (χ4v) is 4.86. The minimum Gasteiger partial charge on any atom is -0.286 e. The third-order valence-corrected chi connectivity index (χ3v) is 7.05. The fraction of sp³-hybridized carbons (Fsp3) is 0.162. The first-order valence-corrected chi connectivity index (χ1v) is 21.6. The molecule has 0 spiro atoms. The molecule has 0 saturated carbocycles. The van der Waals surface area contributed by atoms with E-state index in [0.29, 0.717) is 13.1 Å². The topological polar surface area (TPSA) is 124 Å². The van der Waals surface area contributed by atoms with Crippen molar-refractivity contribution in [3.63, 3.8) is 0 Å². The molecule has 7 aromatic rings. The smallest absolute Gasteiger partial charge is 0.286 e. The Morgan fingerprint density at radius 2 is 0.714 bits per heavy atom. The number of pyridine rings is 3. The Balaban J connectivity index is 0.000000322. The quantitative estimate of drug-likeness (QED) is 0.0766. The van der Waals surface area contributed by atoms with Crippen molar-refractivity contribution in [1.82, 2.24) is 49.8 Å². The van der Waals surface area contributed by atoms with Crippen molar-refractivity contribution in [3.8, 4) is 11.4 Å². The molecule has 0 aliphatic rings. The van der Waals surface area contributed by atoms with Crippen LogP contribution in [0.3, 0.4) is 0 Å².